The van der Waals surface area contributed by atoms with Crippen LogP contribution in [0.15, 0.2) is 27.1 Å². The van der Waals surface area contributed by atoms with Gasteiger partial charge in [0.25, 0.3) is 5.91 Å². The summed E-state index contributed by atoms with van der Waals surface area (Å²) in [7, 11) is 0. The van der Waals surface area contributed by atoms with Crippen LogP contribution in [0.3, 0.4) is 0 Å². The van der Waals surface area contributed by atoms with Crippen LogP contribution in [-0.4, -0.2) is 22.5 Å². The van der Waals surface area contributed by atoms with Crippen molar-refractivity contribution < 1.29 is 14.7 Å². The molecule has 0 saturated carbocycles. The van der Waals surface area contributed by atoms with Gasteiger partial charge in [-0.3, -0.25) is 4.79 Å². The summed E-state index contributed by atoms with van der Waals surface area (Å²) in [5, 5.41) is 11.9. The van der Waals surface area contributed by atoms with Crippen LogP contribution >= 0.6 is 31.9 Å². The molecule has 0 radical (unpaired) electrons. The lowest BCUT2D eigenvalue weighted by Crippen LogP contribution is -2.53. The van der Waals surface area contributed by atoms with Gasteiger partial charge in [-0.05, 0) is 31.0 Å². The first-order chi connectivity index (χ1) is 8.84. The first-order valence-electron chi connectivity index (χ1n) is 5.86. The molecule has 0 fully saturated rings. The van der Waals surface area contributed by atoms with Crippen LogP contribution in [0.4, 0.5) is 0 Å². The van der Waals surface area contributed by atoms with E-state index in [1.807, 2.05) is 0 Å². The smallest absolute Gasteiger partial charge is 0.329 e. The Balaban J connectivity index is 3.03. The summed E-state index contributed by atoms with van der Waals surface area (Å²) in [6.45, 7) is 3.49. The molecule has 2 N–H and O–H groups in total. The first-order valence-corrected chi connectivity index (χ1v) is 7.45. The van der Waals surface area contributed by atoms with Gasteiger partial charge in [0, 0.05) is 14.5 Å². The molecule has 0 unspecified atom stereocenters. The van der Waals surface area contributed by atoms with Gasteiger partial charge in [-0.1, -0.05) is 45.7 Å². The minimum absolute atomic E-state index is 0.333. The predicted molar refractivity (Wildman–Crippen MR) is 80.3 cm³/mol. The SMILES string of the molecule is CCC(CC)(NC(=O)c1cc(Br)cc(Br)c1)C(=O)O. The van der Waals surface area contributed by atoms with E-state index in [9.17, 15) is 14.7 Å². The summed E-state index contributed by atoms with van der Waals surface area (Å²) in [5.41, 5.74) is -0.805. The zero-order valence-electron chi connectivity index (χ0n) is 10.7. The van der Waals surface area contributed by atoms with Crippen molar-refractivity contribution >= 4 is 43.7 Å². The van der Waals surface area contributed by atoms with Crippen molar-refractivity contribution in [3.63, 3.8) is 0 Å². The number of hydrogen-bond donors (Lipinski definition) is 2. The van der Waals surface area contributed by atoms with Crippen LogP contribution < -0.4 is 5.32 Å². The van der Waals surface area contributed by atoms with Crippen LogP contribution in [0.2, 0.25) is 0 Å². The average Bonchev–Trinajstić information content (AvgIpc) is 2.34. The lowest BCUT2D eigenvalue weighted by molar-refractivity contribution is -0.144. The fourth-order valence-electron chi connectivity index (χ4n) is 1.76. The van der Waals surface area contributed by atoms with Crippen LogP contribution in [0.1, 0.15) is 37.0 Å². The number of carboxylic acids is 1. The van der Waals surface area contributed by atoms with Crippen molar-refractivity contribution in [3.8, 4) is 0 Å². The number of halogens is 2. The molecule has 1 amide bonds. The first kappa shape index (κ1) is 16.2. The van der Waals surface area contributed by atoms with Gasteiger partial charge in [0.05, 0.1) is 0 Å². The maximum atomic E-state index is 12.2. The molecule has 1 aromatic carbocycles. The van der Waals surface area contributed by atoms with E-state index < -0.39 is 17.4 Å². The number of hydrogen-bond acceptors (Lipinski definition) is 2. The van der Waals surface area contributed by atoms with E-state index >= 15 is 0 Å². The van der Waals surface area contributed by atoms with Crippen molar-refractivity contribution in [1.29, 1.82) is 0 Å². The van der Waals surface area contributed by atoms with Crippen molar-refractivity contribution in [2.24, 2.45) is 0 Å². The Labute approximate surface area is 128 Å². The molecule has 0 saturated heterocycles. The number of benzene rings is 1. The highest BCUT2D eigenvalue weighted by Gasteiger charge is 2.36. The monoisotopic (exact) mass is 391 g/mol. The standard InChI is InChI=1S/C13H15Br2NO3/c1-3-13(4-2,12(18)19)16-11(17)8-5-9(14)7-10(15)6-8/h5-7H,3-4H2,1-2H3,(H,16,17)(H,18,19). The van der Waals surface area contributed by atoms with E-state index in [0.717, 1.165) is 8.95 Å². The van der Waals surface area contributed by atoms with Gasteiger partial charge in [-0.2, -0.15) is 0 Å². The number of carbonyl (C=O) groups excluding carboxylic acids is 1. The Bertz CT molecular complexity index is 478. The Hall–Kier alpha value is -0.880. The molecular weight excluding hydrogens is 378 g/mol. The maximum Gasteiger partial charge on any atom is 0.329 e. The molecule has 0 spiro atoms. The van der Waals surface area contributed by atoms with E-state index in [2.05, 4.69) is 37.2 Å². The van der Waals surface area contributed by atoms with Crippen LogP contribution in [0, 0.1) is 0 Å². The summed E-state index contributed by atoms with van der Waals surface area (Å²) in [6, 6.07) is 5.11. The highest BCUT2D eigenvalue weighted by molar-refractivity contribution is 9.11. The third-order valence-corrected chi connectivity index (χ3v) is 4.01. The average molecular weight is 393 g/mol. The molecule has 0 aliphatic heterocycles. The van der Waals surface area contributed by atoms with Gasteiger partial charge in [-0.25, -0.2) is 4.79 Å². The highest BCUT2D eigenvalue weighted by Crippen LogP contribution is 2.22. The summed E-state index contributed by atoms with van der Waals surface area (Å²) in [5.74, 6) is -1.41. The summed E-state index contributed by atoms with van der Waals surface area (Å²) < 4.78 is 1.50. The second-order valence-corrected chi connectivity index (χ2v) is 6.04. The molecule has 0 atom stereocenters. The zero-order chi connectivity index (χ0) is 14.6. The zero-order valence-corrected chi connectivity index (χ0v) is 13.8. The number of aliphatic carboxylic acids is 1. The lowest BCUT2D eigenvalue weighted by Gasteiger charge is -2.28. The van der Waals surface area contributed by atoms with E-state index in [1.165, 1.54) is 0 Å². The second-order valence-electron chi connectivity index (χ2n) is 4.21. The van der Waals surface area contributed by atoms with Crippen molar-refractivity contribution in [3.05, 3.63) is 32.7 Å². The molecule has 1 rings (SSSR count). The van der Waals surface area contributed by atoms with Gasteiger partial charge < -0.3 is 10.4 Å². The Morgan fingerprint density at radius 1 is 1.16 bits per heavy atom. The minimum Gasteiger partial charge on any atom is -0.480 e. The van der Waals surface area contributed by atoms with Crippen molar-refractivity contribution in [1.82, 2.24) is 5.32 Å². The van der Waals surface area contributed by atoms with Crippen LogP contribution in [0.5, 0.6) is 0 Å². The van der Waals surface area contributed by atoms with Crippen LogP contribution in [0.25, 0.3) is 0 Å². The molecule has 6 heteroatoms. The number of rotatable bonds is 5. The summed E-state index contributed by atoms with van der Waals surface area (Å²) >= 11 is 6.60. The normalized spacial score (nSPS) is 11.2. The fraction of sp³-hybridized carbons (Fsp3) is 0.385. The summed E-state index contributed by atoms with van der Waals surface area (Å²) in [6.07, 6.45) is 0.666. The molecular formula is C13H15Br2NO3. The van der Waals surface area contributed by atoms with E-state index in [0.29, 0.717) is 18.4 Å². The minimum atomic E-state index is -1.22. The van der Waals surface area contributed by atoms with E-state index in [1.54, 1.807) is 32.0 Å². The number of amides is 1. The summed E-state index contributed by atoms with van der Waals surface area (Å²) in [4.78, 5) is 23.5. The quantitative estimate of drug-likeness (QED) is 0.804. The van der Waals surface area contributed by atoms with E-state index in [-0.39, 0.29) is 0 Å². The Kier molecular flexibility index (Phi) is 5.55. The van der Waals surface area contributed by atoms with Gasteiger partial charge in [-0.15, -0.1) is 0 Å². The molecule has 0 aliphatic carbocycles. The Morgan fingerprint density at radius 2 is 1.63 bits per heavy atom. The fourth-order valence-corrected chi connectivity index (χ4v) is 3.05. The number of nitrogens with one attached hydrogen (secondary N) is 1. The van der Waals surface area contributed by atoms with Gasteiger partial charge in [0.1, 0.15) is 5.54 Å². The predicted octanol–water partition coefficient (Wildman–Crippen LogP) is 3.58. The van der Waals surface area contributed by atoms with Gasteiger partial charge >= 0.3 is 5.97 Å². The highest BCUT2D eigenvalue weighted by atomic mass is 79.9. The number of carbonyl (C=O) groups is 2. The van der Waals surface area contributed by atoms with Gasteiger partial charge in [0.15, 0.2) is 0 Å². The van der Waals surface area contributed by atoms with Crippen molar-refractivity contribution in [2.45, 2.75) is 32.2 Å². The third kappa shape index (κ3) is 3.79. The molecule has 1 aromatic rings. The molecule has 0 aliphatic rings. The molecule has 104 valence electrons. The second kappa shape index (κ2) is 6.52. The molecule has 0 aromatic heterocycles. The third-order valence-electron chi connectivity index (χ3n) is 3.09. The molecule has 0 heterocycles. The number of carboxylic acid groups (broad SMARTS) is 1. The lowest BCUT2D eigenvalue weighted by atomic mass is 9.92. The molecule has 4 nitrogen and oxygen atoms in total. The van der Waals surface area contributed by atoms with Crippen molar-refractivity contribution in [2.75, 3.05) is 0 Å². The molecule has 0 bridgehead atoms. The van der Waals surface area contributed by atoms with E-state index in [4.69, 9.17) is 0 Å². The maximum absolute atomic E-state index is 12.2. The topological polar surface area (TPSA) is 66.4 Å². The molecule has 19 heavy (non-hydrogen) atoms. The van der Waals surface area contributed by atoms with Crippen LogP contribution in [-0.2, 0) is 4.79 Å². The Morgan fingerprint density at radius 3 is 2.00 bits per heavy atom. The largest absolute Gasteiger partial charge is 0.480 e. The van der Waals surface area contributed by atoms with Gasteiger partial charge in [0.2, 0.25) is 0 Å².